The van der Waals surface area contributed by atoms with Gasteiger partial charge in [0.25, 0.3) is 6.43 Å². The van der Waals surface area contributed by atoms with E-state index in [1.807, 2.05) is 52.2 Å². The van der Waals surface area contributed by atoms with Gasteiger partial charge in [0.15, 0.2) is 0 Å². The number of pyridine rings is 1. The van der Waals surface area contributed by atoms with Gasteiger partial charge in [0.1, 0.15) is 11.3 Å². The first-order chi connectivity index (χ1) is 18.6. The van der Waals surface area contributed by atoms with E-state index >= 15 is 0 Å². The third-order valence-corrected chi connectivity index (χ3v) is 6.90. The van der Waals surface area contributed by atoms with Crippen LogP contribution in [0.1, 0.15) is 58.6 Å². The number of carbonyl (C=O) groups excluding carboxylic acids is 1. The SMILES string of the molecule is CNc1ccc2c(-c3cnc(C(F)F)c4cnc(N[C@@H]5CCCC[C@@H]5NC(=O)OC(C)(C)C)nc34)c[nH]c2c1. The predicted octanol–water partition coefficient (Wildman–Crippen LogP) is 6.40. The summed E-state index contributed by atoms with van der Waals surface area (Å²) in [7, 11) is 1.84. The lowest BCUT2D eigenvalue weighted by molar-refractivity contribution is 0.0488. The van der Waals surface area contributed by atoms with E-state index in [0.717, 1.165) is 47.8 Å². The minimum Gasteiger partial charge on any atom is -0.444 e. The van der Waals surface area contributed by atoms with Crippen molar-refractivity contribution in [2.45, 2.75) is 70.6 Å². The van der Waals surface area contributed by atoms with Crippen LogP contribution in [0.5, 0.6) is 0 Å². The number of rotatable bonds is 6. The Morgan fingerprint density at radius 1 is 1.08 bits per heavy atom. The number of nitrogens with zero attached hydrogens (tertiary/aromatic N) is 3. The van der Waals surface area contributed by atoms with Crippen molar-refractivity contribution in [1.29, 1.82) is 0 Å². The highest BCUT2D eigenvalue weighted by Crippen LogP contribution is 2.36. The first kappa shape index (κ1) is 26.6. The highest BCUT2D eigenvalue weighted by atomic mass is 19.3. The fraction of sp³-hybridized carbons (Fsp3) is 0.429. The maximum atomic E-state index is 13.9. The first-order valence-electron chi connectivity index (χ1n) is 13.1. The fourth-order valence-corrected chi connectivity index (χ4v) is 5.09. The molecule has 0 bridgehead atoms. The van der Waals surface area contributed by atoms with E-state index in [-0.39, 0.29) is 23.2 Å². The summed E-state index contributed by atoms with van der Waals surface area (Å²) in [5.74, 6) is 0.301. The molecule has 0 aliphatic heterocycles. The summed E-state index contributed by atoms with van der Waals surface area (Å²) in [6.07, 6.45) is 4.95. The molecule has 0 unspecified atom stereocenters. The van der Waals surface area contributed by atoms with Crippen LogP contribution < -0.4 is 16.0 Å². The zero-order chi connectivity index (χ0) is 27.7. The van der Waals surface area contributed by atoms with Crippen LogP contribution in [-0.4, -0.2) is 50.8 Å². The standard InChI is InChI=1S/C28H33F2N7O2/c1-28(2,3)39-27(38)36-21-8-6-5-7-20(21)35-26-34-14-19-23(37-26)18(13-33-24(19)25(29)30)17-12-32-22-11-15(31-4)9-10-16(17)22/h9-14,20-21,25,31-32H,5-8H2,1-4H3,(H,36,38)(H,34,35,37)/t20-,21+/m1/s1. The molecule has 206 valence electrons. The smallest absolute Gasteiger partial charge is 0.407 e. The van der Waals surface area contributed by atoms with Crippen molar-refractivity contribution < 1.29 is 18.3 Å². The number of aromatic amines is 1. The molecule has 5 rings (SSSR count). The molecule has 39 heavy (non-hydrogen) atoms. The number of nitrogens with one attached hydrogen (secondary N) is 4. The van der Waals surface area contributed by atoms with E-state index in [0.29, 0.717) is 17.0 Å². The lowest BCUT2D eigenvalue weighted by Crippen LogP contribution is -2.50. The van der Waals surface area contributed by atoms with E-state index in [4.69, 9.17) is 9.72 Å². The number of hydrogen-bond acceptors (Lipinski definition) is 7. The molecule has 11 heteroatoms. The third-order valence-electron chi connectivity index (χ3n) is 6.90. The number of alkyl carbamates (subject to hydrolysis) is 1. The van der Waals surface area contributed by atoms with E-state index in [1.165, 1.54) is 12.4 Å². The van der Waals surface area contributed by atoms with Gasteiger partial charge in [-0.15, -0.1) is 0 Å². The lowest BCUT2D eigenvalue weighted by Gasteiger charge is -2.33. The van der Waals surface area contributed by atoms with Crippen LogP contribution in [0.3, 0.4) is 0 Å². The van der Waals surface area contributed by atoms with E-state index in [9.17, 15) is 13.6 Å². The van der Waals surface area contributed by atoms with Crippen LogP contribution in [0.15, 0.2) is 36.8 Å². The van der Waals surface area contributed by atoms with Crippen molar-refractivity contribution in [1.82, 2.24) is 25.3 Å². The largest absolute Gasteiger partial charge is 0.444 e. The Hall–Kier alpha value is -4.02. The van der Waals surface area contributed by atoms with Gasteiger partial charge in [-0.2, -0.15) is 0 Å². The Balaban J connectivity index is 1.51. The second-order valence-corrected chi connectivity index (χ2v) is 10.8. The number of fused-ring (bicyclic) bond motifs is 2. The summed E-state index contributed by atoms with van der Waals surface area (Å²) >= 11 is 0. The van der Waals surface area contributed by atoms with Crippen LogP contribution in [0.4, 0.5) is 25.2 Å². The van der Waals surface area contributed by atoms with Gasteiger partial charge >= 0.3 is 6.09 Å². The molecule has 0 saturated heterocycles. The number of halogens is 2. The zero-order valence-electron chi connectivity index (χ0n) is 22.4. The number of benzene rings is 1. The molecule has 1 saturated carbocycles. The second-order valence-electron chi connectivity index (χ2n) is 10.8. The molecule has 3 heterocycles. The van der Waals surface area contributed by atoms with Crippen molar-refractivity contribution in [3.8, 4) is 11.1 Å². The number of H-pyrrole nitrogens is 1. The Kier molecular flexibility index (Phi) is 7.24. The third kappa shape index (κ3) is 5.71. The van der Waals surface area contributed by atoms with Crippen LogP contribution in [0, 0.1) is 0 Å². The summed E-state index contributed by atoms with van der Waals surface area (Å²) in [6.45, 7) is 5.46. The van der Waals surface area contributed by atoms with Gasteiger partial charge in [-0.05, 0) is 45.7 Å². The molecule has 1 fully saturated rings. The maximum Gasteiger partial charge on any atom is 0.407 e. The predicted molar refractivity (Wildman–Crippen MR) is 148 cm³/mol. The molecule has 1 amide bonds. The monoisotopic (exact) mass is 537 g/mol. The van der Waals surface area contributed by atoms with Gasteiger partial charge < -0.3 is 25.7 Å². The molecule has 9 nitrogen and oxygen atoms in total. The number of ether oxygens (including phenoxy) is 1. The Labute approximate surface area is 225 Å². The first-order valence-corrected chi connectivity index (χ1v) is 13.1. The van der Waals surface area contributed by atoms with Crippen molar-refractivity contribution in [3.63, 3.8) is 0 Å². The van der Waals surface area contributed by atoms with Gasteiger partial charge in [0.2, 0.25) is 5.95 Å². The topological polar surface area (TPSA) is 117 Å². The van der Waals surface area contributed by atoms with E-state index in [1.54, 1.807) is 0 Å². The number of alkyl halides is 2. The summed E-state index contributed by atoms with van der Waals surface area (Å²) in [5.41, 5.74) is 2.68. The number of anilines is 2. The van der Waals surface area contributed by atoms with Crippen LogP contribution in [0.25, 0.3) is 32.9 Å². The molecular formula is C28H33F2N7O2. The molecule has 4 aromatic rings. The molecule has 2 atom stereocenters. The maximum absolute atomic E-state index is 13.9. The molecule has 1 aliphatic rings. The average Bonchev–Trinajstić information content (AvgIpc) is 3.31. The number of aromatic nitrogens is 4. The molecule has 0 spiro atoms. The molecule has 1 aliphatic carbocycles. The van der Waals surface area contributed by atoms with E-state index in [2.05, 4.69) is 30.9 Å². The molecule has 1 aromatic carbocycles. The Morgan fingerprint density at radius 2 is 1.85 bits per heavy atom. The molecular weight excluding hydrogens is 504 g/mol. The second kappa shape index (κ2) is 10.6. The lowest BCUT2D eigenvalue weighted by atomic mass is 9.90. The van der Waals surface area contributed by atoms with Crippen molar-refractivity contribution in [2.75, 3.05) is 17.7 Å². The zero-order valence-corrected chi connectivity index (χ0v) is 22.4. The molecule has 0 radical (unpaired) electrons. The van der Waals surface area contributed by atoms with Crippen molar-refractivity contribution in [2.24, 2.45) is 0 Å². The van der Waals surface area contributed by atoms with Gasteiger partial charge in [-0.3, -0.25) is 4.98 Å². The van der Waals surface area contributed by atoms with Crippen molar-refractivity contribution in [3.05, 3.63) is 42.5 Å². The van der Waals surface area contributed by atoms with E-state index < -0.39 is 18.1 Å². The minimum atomic E-state index is -2.77. The van der Waals surface area contributed by atoms with Crippen LogP contribution in [0.2, 0.25) is 0 Å². The van der Waals surface area contributed by atoms with Crippen molar-refractivity contribution >= 4 is 39.5 Å². The number of hydrogen-bond donors (Lipinski definition) is 4. The Morgan fingerprint density at radius 3 is 2.56 bits per heavy atom. The fourth-order valence-electron chi connectivity index (χ4n) is 5.09. The van der Waals surface area contributed by atoms with Crippen LogP contribution in [-0.2, 0) is 4.74 Å². The highest BCUT2D eigenvalue weighted by molar-refractivity contribution is 6.04. The Bertz CT molecular complexity index is 1500. The number of amides is 1. The molecule has 4 N–H and O–H groups in total. The summed E-state index contributed by atoms with van der Waals surface area (Å²) in [5, 5.41) is 10.5. The highest BCUT2D eigenvalue weighted by Gasteiger charge is 2.29. The number of carbonyl (C=O) groups is 1. The van der Waals surface area contributed by atoms with Gasteiger partial charge in [-0.1, -0.05) is 18.9 Å². The average molecular weight is 538 g/mol. The quantitative estimate of drug-likeness (QED) is 0.225. The summed E-state index contributed by atoms with van der Waals surface area (Å²) < 4.78 is 33.2. The summed E-state index contributed by atoms with van der Waals surface area (Å²) in [4.78, 5) is 28.9. The van der Waals surface area contributed by atoms with Gasteiger partial charge in [0, 0.05) is 64.8 Å². The minimum absolute atomic E-state index is 0.142. The summed E-state index contributed by atoms with van der Waals surface area (Å²) in [6, 6.07) is 5.57. The normalized spacial score (nSPS) is 17.9. The van der Waals surface area contributed by atoms with Gasteiger partial charge in [0.05, 0.1) is 11.6 Å². The van der Waals surface area contributed by atoms with Crippen LogP contribution >= 0.6 is 0 Å². The molecule has 3 aromatic heterocycles. The van der Waals surface area contributed by atoms with Gasteiger partial charge in [-0.25, -0.2) is 23.5 Å².